The van der Waals surface area contributed by atoms with Crippen molar-refractivity contribution >= 4 is 221 Å². The number of ether oxygens (including phenoxy) is 1. The highest BCUT2D eigenvalue weighted by molar-refractivity contribution is 9.11. The number of hydrogen-bond donors (Lipinski definition) is 5. The summed E-state index contributed by atoms with van der Waals surface area (Å²) in [6.07, 6.45) is 0. The quantitative estimate of drug-likeness (QED) is 0.106. The van der Waals surface area contributed by atoms with Crippen LogP contribution in [0.3, 0.4) is 0 Å². The van der Waals surface area contributed by atoms with Crippen LogP contribution in [0.15, 0.2) is 133 Å². The van der Waals surface area contributed by atoms with Crippen LogP contribution in [0.1, 0.15) is 27.7 Å². The predicted molar refractivity (Wildman–Crippen MR) is 323 cm³/mol. The maximum atomic E-state index is 11.2. The molecule has 0 aliphatic rings. The molecule has 0 saturated carbocycles. The fourth-order valence-electron chi connectivity index (χ4n) is 6.43. The fraction of sp³-hybridized carbons (Fsp3) is 0.100. The third-order valence-electron chi connectivity index (χ3n) is 9.42. The lowest BCUT2D eigenvalue weighted by molar-refractivity contribution is -0.115. The zero-order valence-electron chi connectivity index (χ0n) is 39.4. The lowest BCUT2D eigenvalue weighted by Crippen LogP contribution is -2.04. The molecule has 74 heavy (non-hydrogen) atoms. The summed E-state index contributed by atoms with van der Waals surface area (Å²) in [4.78, 5) is 65.0. The van der Waals surface area contributed by atoms with Gasteiger partial charge in [-0.3, -0.25) is 19.2 Å². The molecule has 0 fully saturated rings. The molecule has 15 nitrogen and oxygen atoms in total. The van der Waals surface area contributed by atoms with E-state index in [4.69, 9.17) is 10.5 Å². The van der Waals surface area contributed by atoms with Gasteiger partial charge in [-0.25, -0.2) is 24.9 Å². The number of nitrogens with zero attached hydrogens (tertiary/aromatic N) is 5. The van der Waals surface area contributed by atoms with Gasteiger partial charge in [0, 0.05) is 51.1 Å². The van der Waals surface area contributed by atoms with Crippen molar-refractivity contribution in [3.63, 3.8) is 0 Å². The standard InChI is InChI=1S/C16H14N2O2S.3C9H7BrN2OS.C7H5BrN2S/c1-10(19)17-16-18-14-5-3-4-13(15(14)21-16)11-6-8-12(20-2)9-7-11;1-5(13)11-9-12-7-3-2-6(10)4-8(7)14-9;2*1-5(13)11-9-12-7-4-2-3-6(10)8(7)14-9;8-4-2-1-3-5-6(4)11-7(9)10-5/h3-9H,1-2H3,(H,17,18,19);3*2-4H,1H3,(H,11,12,13);1-3H,(H2,9,10). The second-order valence-corrected chi connectivity index (χ2v) is 23.6. The lowest BCUT2D eigenvalue weighted by atomic mass is 10.1. The van der Waals surface area contributed by atoms with Crippen LogP contribution in [0.25, 0.3) is 62.2 Å². The maximum absolute atomic E-state index is 11.2. The number of anilines is 5. The molecule has 0 aliphatic heterocycles. The number of carbonyl (C=O) groups is 4. The van der Waals surface area contributed by atoms with Gasteiger partial charge in [0.2, 0.25) is 23.6 Å². The van der Waals surface area contributed by atoms with E-state index in [-0.39, 0.29) is 23.6 Å². The fourth-order valence-corrected chi connectivity index (χ4v) is 13.3. The van der Waals surface area contributed by atoms with Gasteiger partial charge in [0.05, 0.1) is 58.2 Å². The van der Waals surface area contributed by atoms with Crippen molar-refractivity contribution < 1.29 is 23.9 Å². The van der Waals surface area contributed by atoms with E-state index in [2.05, 4.69) is 116 Å². The normalized spacial score (nSPS) is 10.5. The Balaban J connectivity index is 0.000000137. The monoisotopic (exact) mass is 1340 g/mol. The molecule has 5 heterocycles. The molecule has 5 aromatic heterocycles. The summed E-state index contributed by atoms with van der Waals surface area (Å²) in [5.74, 6) is 0.428. The highest BCUT2D eigenvalue weighted by atomic mass is 79.9. The van der Waals surface area contributed by atoms with E-state index in [9.17, 15) is 19.2 Å². The van der Waals surface area contributed by atoms with E-state index in [0.717, 1.165) is 85.9 Å². The molecule has 0 bridgehead atoms. The van der Waals surface area contributed by atoms with Crippen molar-refractivity contribution in [3.05, 3.63) is 133 Å². The first-order valence-corrected chi connectivity index (χ1v) is 28.8. The molecule has 6 N–H and O–H groups in total. The van der Waals surface area contributed by atoms with Crippen molar-refractivity contribution in [2.24, 2.45) is 0 Å². The Labute approximate surface area is 477 Å². The number of hydrogen-bond acceptors (Lipinski definition) is 16. The van der Waals surface area contributed by atoms with Crippen LogP contribution in [0.4, 0.5) is 25.7 Å². The number of carbonyl (C=O) groups excluding carboxylic acids is 4. The Hall–Kier alpha value is -5.83. The van der Waals surface area contributed by atoms with Gasteiger partial charge >= 0.3 is 0 Å². The number of aromatic nitrogens is 5. The van der Waals surface area contributed by atoms with Crippen molar-refractivity contribution in [2.75, 3.05) is 34.1 Å². The second kappa shape index (κ2) is 26.1. The van der Waals surface area contributed by atoms with E-state index in [0.29, 0.717) is 25.7 Å². The van der Waals surface area contributed by atoms with Gasteiger partial charge in [-0.1, -0.05) is 115 Å². The van der Waals surface area contributed by atoms with Gasteiger partial charge in [-0.15, -0.1) is 0 Å². The number of thiazole rings is 5. The summed E-state index contributed by atoms with van der Waals surface area (Å²) in [6, 6.07) is 37.2. The minimum absolute atomic E-state index is 0.0943. The van der Waals surface area contributed by atoms with Crippen LogP contribution < -0.4 is 31.7 Å². The number of methoxy groups -OCH3 is 1. The maximum Gasteiger partial charge on any atom is 0.223 e. The second-order valence-electron chi connectivity index (χ2n) is 15.1. The average Bonchev–Trinajstić information content (AvgIpc) is 4.20. The molecule has 0 radical (unpaired) electrons. The van der Waals surface area contributed by atoms with Crippen LogP contribution in [-0.2, 0) is 19.2 Å². The number of benzene rings is 6. The molecule has 0 unspecified atom stereocenters. The van der Waals surface area contributed by atoms with Crippen LogP contribution in [0, 0.1) is 0 Å². The number of halogens is 4. The highest BCUT2D eigenvalue weighted by Gasteiger charge is 2.12. The molecule has 378 valence electrons. The van der Waals surface area contributed by atoms with E-state index in [1.807, 2.05) is 109 Å². The van der Waals surface area contributed by atoms with Crippen molar-refractivity contribution in [3.8, 4) is 16.9 Å². The molecule has 24 heteroatoms. The summed E-state index contributed by atoms with van der Waals surface area (Å²) >= 11 is 21.0. The first kappa shape index (κ1) is 55.9. The van der Waals surface area contributed by atoms with Crippen molar-refractivity contribution in [2.45, 2.75) is 27.7 Å². The molecule has 11 aromatic rings. The predicted octanol–water partition coefficient (Wildman–Crippen LogP) is 15.6. The average molecular weight is 1340 g/mol. The van der Waals surface area contributed by atoms with E-state index in [1.165, 1.54) is 84.4 Å². The summed E-state index contributed by atoms with van der Waals surface area (Å²) in [7, 11) is 1.65. The zero-order chi connectivity index (χ0) is 53.1. The Bertz CT molecular complexity index is 3710. The SMILES string of the molecule is CC(=O)Nc1nc2ccc(Br)cc2s1.CC(=O)Nc1nc2cccc(Br)c2s1.CC(=O)Nc1nc2cccc(Br)c2s1.COc1ccc(-c2cccc3nc(NC(C)=O)sc23)cc1.Nc1nc2cccc(Br)c2s1. The van der Waals surface area contributed by atoms with E-state index < -0.39 is 0 Å². The molecular weight excluding hydrogens is 1300 g/mol. The molecule has 0 aliphatic carbocycles. The van der Waals surface area contributed by atoms with Gasteiger partial charge < -0.3 is 31.7 Å². The van der Waals surface area contributed by atoms with Crippen LogP contribution in [0.5, 0.6) is 5.75 Å². The van der Waals surface area contributed by atoms with Crippen molar-refractivity contribution in [1.82, 2.24) is 24.9 Å². The molecule has 0 saturated heterocycles. The number of nitrogens with two attached hydrogens (primary N) is 1. The van der Waals surface area contributed by atoms with E-state index >= 15 is 0 Å². The van der Waals surface area contributed by atoms with Gasteiger partial charge in [0.25, 0.3) is 0 Å². The van der Waals surface area contributed by atoms with Gasteiger partial charge in [-0.05, 0) is 126 Å². The van der Waals surface area contributed by atoms with Gasteiger partial charge in [0.1, 0.15) is 5.75 Å². The summed E-state index contributed by atoms with van der Waals surface area (Å²) in [6.45, 7) is 5.90. The zero-order valence-corrected chi connectivity index (χ0v) is 49.8. The van der Waals surface area contributed by atoms with Crippen molar-refractivity contribution in [1.29, 1.82) is 0 Å². The smallest absolute Gasteiger partial charge is 0.223 e. The number of nitrogen functional groups attached to an aromatic ring is 1. The largest absolute Gasteiger partial charge is 0.497 e. The first-order valence-electron chi connectivity index (χ1n) is 21.5. The Morgan fingerprint density at radius 1 is 0.459 bits per heavy atom. The third kappa shape index (κ3) is 15.4. The molecule has 11 rings (SSSR count). The van der Waals surface area contributed by atoms with Crippen LogP contribution in [0.2, 0.25) is 0 Å². The summed E-state index contributed by atoms with van der Waals surface area (Å²) in [5, 5.41) is 13.9. The minimum atomic E-state index is -0.111. The Kier molecular flexibility index (Phi) is 19.7. The lowest BCUT2D eigenvalue weighted by Gasteiger charge is -2.04. The summed E-state index contributed by atoms with van der Waals surface area (Å²) in [5.41, 5.74) is 12.3. The molecule has 0 spiro atoms. The molecular formula is C50H40Br4N10O5S5. The number of amides is 4. The first-order chi connectivity index (χ1) is 35.4. The Morgan fingerprint density at radius 3 is 1.28 bits per heavy atom. The Morgan fingerprint density at radius 2 is 0.851 bits per heavy atom. The van der Waals surface area contributed by atoms with Gasteiger partial charge in [0.15, 0.2) is 25.7 Å². The summed E-state index contributed by atoms with van der Waals surface area (Å²) < 4.78 is 14.6. The van der Waals surface area contributed by atoms with E-state index in [1.54, 1.807) is 7.11 Å². The van der Waals surface area contributed by atoms with Crippen LogP contribution in [-0.4, -0.2) is 55.7 Å². The van der Waals surface area contributed by atoms with Gasteiger partial charge in [-0.2, -0.15) is 0 Å². The minimum Gasteiger partial charge on any atom is -0.497 e. The highest BCUT2D eigenvalue weighted by Crippen LogP contribution is 2.37. The third-order valence-corrected chi connectivity index (χ3v) is 17.6. The topological polar surface area (TPSA) is 216 Å². The molecule has 4 amide bonds. The number of fused-ring (bicyclic) bond motifs is 5. The number of rotatable bonds is 6. The van der Waals surface area contributed by atoms with Crippen LogP contribution >= 0.6 is 120 Å². The molecule has 6 aromatic carbocycles. The number of nitrogens with one attached hydrogen (secondary N) is 4. The molecule has 0 atom stereocenters.